The van der Waals surface area contributed by atoms with Crippen molar-refractivity contribution in [2.45, 2.75) is 44.2 Å². The van der Waals surface area contributed by atoms with Crippen molar-refractivity contribution >= 4 is 29.3 Å². The number of rotatable bonds is 10. The molecule has 19 heteroatoms. The van der Waals surface area contributed by atoms with Crippen molar-refractivity contribution in [3.63, 3.8) is 0 Å². The second kappa shape index (κ2) is 9.46. The number of nitrogen functional groups attached to an aromatic ring is 1. The van der Waals surface area contributed by atoms with Crippen molar-refractivity contribution < 1.29 is 55.5 Å². The van der Waals surface area contributed by atoms with Crippen molar-refractivity contribution in [1.29, 1.82) is 0 Å². The van der Waals surface area contributed by atoms with Crippen LogP contribution in [-0.4, -0.2) is 53.6 Å². The van der Waals surface area contributed by atoms with Gasteiger partial charge in [0.25, 0.3) is 0 Å². The first-order valence-corrected chi connectivity index (χ1v) is 13.0. The molecule has 0 bridgehead atoms. The number of aromatic nitrogens is 2. The maximum atomic E-state index is 14.3. The number of anilines is 1. The molecular weight excluding hydrogens is 490 g/mol. The van der Waals surface area contributed by atoms with Gasteiger partial charge in [0.15, 0.2) is 0 Å². The third-order valence-electron chi connectivity index (χ3n) is 4.20. The number of hydrogen-bond donors (Lipinski definition) is 5. The molecule has 2 heterocycles. The van der Waals surface area contributed by atoms with Crippen LogP contribution in [0.4, 0.5) is 10.2 Å². The van der Waals surface area contributed by atoms with E-state index in [2.05, 4.69) is 18.1 Å². The molecule has 178 valence electrons. The number of phosphoric acid groups is 3. The van der Waals surface area contributed by atoms with Crippen LogP contribution in [0.2, 0.25) is 0 Å². The van der Waals surface area contributed by atoms with Crippen LogP contribution in [0.1, 0.15) is 19.8 Å². The summed E-state index contributed by atoms with van der Waals surface area (Å²) in [5, 5.41) is 0. The predicted octanol–water partition coefficient (Wildman–Crippen LogP) is 0.445. The Hall–Kier alpha value is -1.02. The van der Waals surface area contributed by atoms with Gasteiger partial charge in [0, 0.05) is 6.20 Å². The fraction of sp³-hybridized carbons (Fsp3) is 0.667. The molecule has 0 aromatic carbocycles. The molecular formula is C12H21FN3O12P3. The lowest BCUT2D eigenvalue weighted by molar-refractivity contribution is -0.112. The van der Waals surface area contributed by atoms with Gasteiger partial charge in [-0.15, -0.1) is 0 Å². The SMILES string of the molecule is CC(F)[C@@]1(COP(=O)(O)OP(=O)(O)OP(=O)(O)O)CCC(Cn2ccc(N)nc2=O)O1. The lowest BCUT2D eigenvalue weighted by atomic mass is 9.96. The highest BCUT2D eigenvalue weighted by Crippen LogP contribution is 2.66. The lowest BCUT2D eigenvalue weighted by Crippen LogP contribution is -2.43. The molecule has 1 aromatic heterocycles. The number of hydrogen-bond acceptors (Lipinski definition) is 10. The van der Waals surface area contributed by atoms with Crippen molar-refractivity contribution in [3.05, 3.63) is 22.7 Å². The minimum Gasteiger partial charge on any atom is -0.383 e. The Morgan fingerprint density at radius 2 is 1.97 bits per heavy atom. The summed E-state index contributed by atoms with van der Waals surface area (Å²) in [6.45, 7) is 0.120. The fourth-order valence-corrected chi connectivity index (χ4v) is 5.87. The third kappa shape index (κ3) is 7.81. The summed E-state index contributed by atoms with van der Waals surface area (Å²) in [4.78, 5) is 51.1. The zero-order valence-electron chi connectivity index (χ0n) is 15.9. The quantitative estimate of drug-likeness (QED) is 0.269. The van der Waals surface area contributed by atoms with Crippen molar-refractivity contribution in [3.8, 4) is 0 Å². The summed E-state index contributed by atoms with van der Waals surface area (Å²) in [5.41, 5.74) is 2.96. The largest absolute Gasteiger partial charge is 0.490 e. The summed E-state index contributed by atoms with van der Waals surface area (Å²) in [5.74, 6) is 0.0105. The molecule has 0 radical (unpaired) electrons. The molecule has 1 aliphatic heterocycles. The average Bonchev–Trinajstić information content (AvgIpc) is 2.97. The van der Waals surface area contributed by atoms with E-state index in [1.165, 1.54) is 16.8 Å². The number of ether oxygens (including phenoxy) is 1. The number of alkyl halides is 1. The standard InChI is InChI=1S/C12H21FN3O12P3/c1-8(13)12(7-25-30(21,22)28-31(23,24)27-29(18,19)20)4-2-9(26-12)6-16-5-3-10(14)15-11(16)17/h3,5,8-9H,2,4,6-7H2,1H3,(H,21,22)(H,23,24)(H2,14,15,17)(H2,18,19,20)/t8?,9?,12-/m0/s1. The van der Waals surface area contributed by atoms with Crippen LogP contribution in [-0.2, 0) is 38.1 Å². The Bertz CT molecular complexity index is 999. The predicted molar refractivity (Wildman–Crippen MR) is 100 cm³/mol. The van der Waals surface area contributed by atoms with Crippen LogP contribution >= 0.6 is 23.5 Å². The van der Waals surface area contributed by atoms with Gasteiger partial charge in [-0.3, -0.25) is 9.09 Å². The Labute approximate surface area is 174 Å². The van der Waals surface area contributed by atoms with E-state index >= 15 is 0 Å². The van der Waals surface area contributed by atoms with E-state index in [-0.39, 0.29) is 25.2 Å². The maximum Gasteiger partial charge on any atom is 0.490 e. The molecule has 31 heavy (non-hydrogen) atoms. The Kier molecular flexibility index (Phi) is 8.00. The van der Waals surface area contributed by atoms with Crippen molar-refractivity contribution in [2.75, 3.05) is 12.3 Å². The van der Waals surface area contributed by atoms with Gasteiger partial charge in [-0.2, -0.15) is 13.6 Å². The Balaban J connectivity index is 2.05. The molecule has 2 rings (SSSR count). The van der Waals surface area contributed by atoms with Gasteiger partial charge in [0.2, 0.25) is 0 Å². The first-order valence-electron chi connectivity index (χ1n) is 8.46. The molecule has 6 N–H and O–H groups in total. The van der Waals surface area contributed by atoms with Gasteiger partial charge in [0.1, 0.15) is 17.6 Å². The molecule has 0 spiro atoms. The second-order valence-electron chi connectivity index (χ2n) is 6.61. The van der Waals surface area contributed by atoms with Crippen LogP contribution in [0.15, 0.2) is 17.1 Å². The smallest absolute Gasteiger partial charge is 0.383 e. The van der Waals surface area contributed by atoms with Gasteiger partial charge < -0.3 is 30.0 Å². The van der Waals surface area contributed by atoms with Crippen LogP contribution < -0.4 is 11.4 Å². The maximum absolute atomic E-state index is 14.3. The molecule has 5 atom stereocenters. The van der Waals surface area contributed by atoms with E-state index in [0.29, 0.717) is 0 Å². The molecule has 15 nitrogen and oxygen atoms in total. The molecule has 1 aromatic rings. The molecule has 1 saturated heterocycles. The normalized spacial score (nSPS) is 26.8. The Morgan fingerprint density at radius 1 is 1.32 bits per heavy atom. The van der Waals surface area contributed by atoms with E-state index in [0.717, 1.165) is 6.92 Å². The monoisotopic (exact) mass is 511 g/mol. The molecule has 1 fully saturated rings. The molecule has 4 unspecified atom stereocenters. The molecule has 0 saturated carbocycles. The number of phosphoric ester groups is 1. The minimum absolute atomic E-state index is 0.0105. The zero-order valence-corrected chi connectivity index (χ0v) is 18.6. The average molecular weight is 511 g/mol. The number of nitrogens with two attached hydrogens (primary N) is 1. The second-order valence-corrected chi connectivity index (χ2v) is 11.0. The summed E-state index contributed by atoms with van der Waals surface area (Å²) < 4.78 is 66.7. The number of nitrogens with zero attached hydrogens (tertiary/aromatic N) is 2. The molecule has 0 amide bonds. The fourth-order valence-electron chi connectivity index (χ4n) is 2.79. The molecule has 1 aliphatic rings. The Morgan fingerprint density at radius 3 is 2.52 bits per heavy atom. The lowest BCUT2D eigenvalue weighted by Gasteiger charge is -2.31. The van der Waals surface area contributed by atoms with Crippen LogP contribution in [0, 0.1) is 0 Å². The minimum atomic E-state index is -5.70. The van der Waals surface area contributed by atoms with E-state index in [4.69, 9.17) is 25.2 Å². The van der Waals surface area contributed by atoms with E-state index < -0.39 is 53.6 Å². The first kappa shape index (κ1) is 26.2. The van der Waals surface area contributed by atoms with Crippen LogP contribution in [0.3, 0.4) is 0 Å². The van der Waals surface area contributed by atoms with Gasteiger partial charge in [-0.25, -0.2) is 22.9 Å². The zero-order chi connectivity index (χ0) is 23.7. The van der Waals surface area contributed by atoms with Crippen molar-refractivity contribution in [2.24, 2.45) is 0 Å². The van der Waals surface area contributed by atoms with E-state index in [1.54, 1.807) is 0 Å². The van der Waals surface area contributed by atoms with E-state index in [1.807, 2.05) is 0 Å². The number of halogens is 1. The van der Waals surface area contributed by atoms with E-state index in [9.17, 15) is 27.8 Å². The highest BCUT2D eigenvalue weighted by Gasteiger charge is 2.48. The van der Waals surface area contributed by atoms with Gasteiger partial charge >= 0.3 is 29.2 Å². The first-order chi connectivity index (χ1) is 14.0. The van der Waals surface area contributed by atoms with Gasteiger partial charge in [0.05, 0.1) is 19.3 Å². The highest BCUT2D eigenvalue weighted by molar-refractivity contribution is 7.66. The van der Waals surface area contributed by atoms with Gasteiger partial charge in [-0.05, 0) is 25.8 Å². The summed E-state index contributed by atoms with van der Waals surface area (Å²) in [6, 6.07) is 1.37. The van der Waals surface area contributed by atoms with Crippen molar-refractivity contribution in [1.82, 2.24) is 9.55 Å². The molecule has 0 aliphatic carbocycles. The summed E-state index contributed by atoms with van der Waals surface area (Å²) in [7, 11) is -16.7. The highest BCUT2D eigenvalue weighted by atomic mass is 31.3. The van der Waals surface area contributed by atoms with Crippen LogP contribution in [0.25, 0.3) is 0 Å². The van der Waals surface area contributed by atoms with Gasteiger partial charge in [-0.1, -0.05) is 0 Å². The van der Waals surface area contributed by atoms with Crippen LogP contribution in [0.5, 0.6) is 0 Å². The third-order valence-corrected chi connectivity index (χ3v) is 7.98. The summed E-state index contributed by atoms with van der Waals surface area (Å²) >= 11 is 0. The topological polar surface area (TPSA) is 230 Å². The summed E-state index contributed by atoms with van der Waals surface area (Å²) in [6.07, 6.45) is -0.927.